The molecule has 3 heteroatoms. The zero-order valence-corrected chi connectivity index (χ0v) is 8.50. The molecule has 1 aliphatic heterocycles. The van der Waals surface area contributed by atoms with Crippen LogP contribution in [-0.4, -0.2) is 55.7 Å². The molecule has 0 saturated heterocycles. The molecule has 0 saturated carbocycles. The summed E-state index contributed by atoms with van der Waals surface area (Å²) in [6.45, 7) is 4.24. The SMILES string of the molecule is CCC1C[N+](C)=C(OC)CN1C. The lowest BCUT2D eigenvalue weighted by Gasteiger charge is -2.28. The minimum Gasteiger partial charge on any atom is -0.450 e. The zero-order valence-electron chi connectivity index (χ0n) is 8.50. The summed E-state index contributed by atoms with van der Waals surface area (Å²) in [4.78, 5) is 2.35. The Hall–Kier alpha value is -0.570. The fourth-order valence-electron chi connectivity index (χ4n) is 1.68. The number of rotatable bonds is 1. The maximum atomic E-state index is 5.27. The number of nitrogens with zero attached hydrogens (tertiary/aromatic N) is 2. The van der Waals surface area contributed by atoms with Crippen LogP contribution in [0, 0.1) is 0 Å². The summed E-state index contributed by atoms with van der Waals surface area (Å²) in [6, 6.07) is 0.675. The number of likely N-dealkylation sites (N-methyl/N-ethyl adjacent to an activating group) is 2. The smallest absolute Gasteiger partial charge is 0.350 e. The molecule has 0 aromatic carbocycles. The molecule has 1 unspecified atom stereocenters. The predicted molar refractivity (Wildman–Crippen MR) is 49.8 cm³/mol. The molecule has 3 nitrogen and oxygen atoms in total. The van der Waals surface area contributed by atoms with E-state index < -0.39 is 0 Å². The van der Waals surface area contributed by atoms with Gasteiger partial charge >= 0.3 is 5.90 Å². The van der Waals surface area contributed by atoms with Crippen LogP contribution < -0.4 is 0 Å². The maximum Gasteiger partial charge on any atom is 0.350 e. The highest BCUT2D eigenvalue weighted by Crippen LogP contribution is 2.06. The van der Waals surface area contributed by atoms with Crippen molar-refractivity contribution in [3.63, 3.8) is 0 Å². The minimum absolute atomic E-state index is 0.675. The average molecular weight is 171 g/mol. The van der Waals surface area contributed by atoms with Crippen molar-refractivity contribution >= 4 is 5.90 Å². The monoisotopic (exact) mass is 171 g/mol. The van der Waals surface area contributed by atoms with Crippen LogP contribution in [0.4, 0.5) is 0 Å². The van der Waals surface area contributed by atoms with Crippen LogP contribution in [0.1, 0.15) is 13.3 Å². The summed E-state index contributed by atoms with van der Waals surface area (Å²) >= 11 is 0. The normalized spacial score (nSPS) is 26.2. The number of ether oxygens (including phenoxy) is 1. The largest absolute Gasteiger partial charge is 0.450 e. The summed E-state index contributed by atoms with van der Waals surface area (Å²) in [6.07, 6.45) is 1.21. The first-order valence-corrected chi connectivity index (χ1v) is 4.50. The topological polar surface area (TPSA) is 15.5 Å². The predicted octanol–water partition coefficient (Wildman–Crippen LogP) is 0.398. The summed E-state index contributed by atoms with van der Waals surface area (Å²) in [5, 5.41) is 0. The molecule has 0 aromatic heterocycles. The lowest BCUT2D eigenvalue weighted by atomic mass is 10.1. The minimum atomic E-state index is 0.675. The Morgan fingerprint density at radius 3 is 2.83 bits per heavy atom. The molecule has 1 heterocycles. The first-order chi connectivity index (χ1) is 5.69. The number of hydrogen-bond acceptors (Lipinski definition) is 2. The van der Waals surface area contributed by atoms with Crippen molar-refractivity contribution in [2.24, 2.45) is 0 Å². The van der Waals surface area contributed by atoms with E-state index in [1.807, 2.05) is 0 Å². The zero-order chi connectivity index (χ0) is 9.14. The maximum absolute atomic E-state index is 5.27. The van der Waals surface area contributed by atoms with Crippen LogP contribution >= 0.6 is 0 Å². The van der Waals surface area contributed by atoms with Crippen molar-refractivity contribution in [2.75, 3.05) is 34.3 Å². The van der Waals surface area contributed by atoms with Gasteiger partial charge in [0.2, 0.25) is 0 Å². The Labute approximate surface area is 74.6 Å². The first-order valence-electron chi connectivity index (χ1n) is 4.50. The van der Waals surface area contributed by atoms with Gasteiger partial charge in [-0.2, -0.15) is 0 Å². The third-order valence-corrected chi connectivity index (χ3v) is 2.63. The third kappa shape index (κ3) is 1.78. The highest BCUT2D eigenvalue weighted by atomic mass is 16.5. The van der Waals surface area contributed by atoms with Crippen LogP contribution in [-0.2, 0) is 4.74 Å². The lowest BCUT2D eigenvalue weighted by molar-refractivity contribution is -0.520. The molecule has 1 atom stereocenters. The van der Waals surface area contributed by atoms with Crippen molar-refractivity contribution in [1.29, 1.82) is 0 Å². The quantitative estimate of drug-likeness (QED) is 0.531. The van der Waals surface area contributed by atoms with Crippen molar-refractivity contribution < 1.29 is 9.31 Å². The molecule has 0 radical (unpaired) electrons. The van der Waals surface area contributed by atoms with Gasteiger partial charge in [0.15, 0.2) is 6.54 Å². The highest BCUT2D eigenvalue weighted by molar-refractivity contribution is 5.73. The fraction of sp³-hybridized carbons (Fsp3) is 0.889. The van der Waals surface area contributed by atoms with Crippen molar-refractivity contribution in [3.05, 3.63) is 0 Å². The summed E-state index contributed by atoms with van der Waals surface area (Å²) < 4.78 is 7.47. The Morgan fingerprint density at radius 1 is 1.67 bits per heavy atom. The second-order valence-electron chi connectivity index (χ2n) is 3.46. The van der Waals surface area contributed by atoms with Gasteiger partial charge in [0, 0.05) is 0 Å². The highest BCUT2D eigenvalue weighted by Gasteiger charge is 2.28. The molecule has 0 aliphatic carbocycles. The van der Waals surface area contributed by atoms with Gasteiger partial charge in [-0.1, -0.05) is 6.92 Å². The summed E-state index contributed by atoms with van der Waals surface area (Å²) in [5.74, 6) is 1.07. The molecule has 0 bridgehead atoms. The summed E-state index contributed by atoms with van der Waals surface area (Å²) in [7, 11) is 5.99. The van der Waals surface area contributed by atoms with Gasteiger partial charge in [0.05, 0.1) is 13.2 Å². The first kappa shape index (κ1) is 9.52. The van der Waals surface area contributed by atoms with Crippen LogP contribution in [0.25, 0.3) is 0 Å². The molecule has 0 amide bonds. The Morgan fingerprint density at radius 2 is 2.33 bits per heavy atom. The Kier molecular flexibility index (Phi) is 3.09. The molecule has 0 spiro atoms. The molecule has 1 aliphatic rings. The lowest BCUT2D eigenvalue weighted by Crippen LogP contribution is -2.48. The number of methoxy groups -OCH3 is 1. The van der Waals surface area contributed by atoms with Gasteiger partial charge in [-0.3, -0.25) is 4.90 Å². The van der Waals surface area contributed by atoms with E-state index in [-0.39, 0.29) is 0 Å². The summed E-state index contributed by atoms with van der Waals surface area (Å²) in [5.41, 5.74) is 0. The van der Waals surface area contributed by atoms with E-state index in [0.29, 0.717) is 6.04 Å². The van der Waals surface area contributed by atoms with Crippen LogP contribution in [0.15, 0.2) is 0 Å². The van der Waals surface area contributed by atoms with Crippen molar-refractivity contribution in [2.45, 2.75) is 19.4 Å². The Balaban J connectivity index is 2.69. The van der Waals surface area contributed by atoms with E-state index in [1.165, 1.54) is 6.42 Å². The second-order valence-corrected chi connectivity index (χ2v) is 3.46. The standard InChI is InChI=1S/C9H19N2O/c1-5-8-6-11(3)9(12-4)7-10(8)2/h8H,5-7H2,1-4H3/q+1. The number of hydrogen-bond donors (Lipinski definition) is 0. The van der Waals surface area contributed by atoms with Gasteiger partial charge in [0.1, 0.15) is 13.6 Å². The molecule has 0 aromatic rings. The van der Waals surface area contributed by atoms with E-state index in [9.17, 15) is 0 Å². The van der Waals surface area contributed by atoms with Crippen LogP contribution in [0.2, 0.25) is 0 Å². The van der Waals surface area contributed by atoms with E-state index >= 15 is 0 Å². The Bertz CT molecular complexity index is 189. The van der Waals surface area contributed by atoms with E-state index in [1.54, 1.807) is 7.11 Å². The fourth-order valence-corrected chi connectivity index (χ4v) is 1.68. The van der Waals surface area contributed by atoms with Gasteiger partial charge in [0.25, 0.3) is 0 Å². The molecular weight excluding hydrogens is 152 g/mol. The van der Waals surface area contributed by atoms with Crippen molar-refractivity contribution in [1.82, 2.24) is 4.90 Å². The van der Waals surface area contributed by atoms with E-state index in [2.05, 4.69) is 30.5 Å². The van der Waals surface area contributed by atoms with E-state index in [0.717, 1.165) is 19.0 Å². The van der Waals surface area contributed by atoms with Crippen LogP contribution in [0.5, 0.6) is 0 Å². The average Bonchev–Trinajstić information content (AvgIpc) is 2.08. The van der Waals surface area contributed by atoms with Gasteiger partial charge in [-0.25, -0.2) is 4.58 Å². The van der Waals surface area contributed by atoms with Gasteiger partial charge in [-0.15, -0.1) is 0 Å². The van der Waals surface area contributed by atoms with Gasteiger partial charge in [-0.05, 0) is 13.5 Å². The molecule has 12 heavy (non-hydrogen) atoms. The second kappa shape index (κ2) is 3.90. The molecule has 70 valence electrons. The van der Waals surface area contributed by atoms with Gasteiger partial charge < -0.3 is 4.74 Å². The van der Waals surface area contributed by atoms with Crippen LogP contribution in [0.3, 0.4) is 0 Å². The third-order valence-electron chi connectivity index (χ3n) is 2.63. The van der Waals surface area contributed by atoms with Crippen molar-refractivity contribution in [3.8, 4) is 0 Å². The van der Waals surface area contributed by atoms with E-state index in [4.69, 9.17) is 4.74 Å². The molecule has 1 rings (SSSR count). The molecular formula is C9H19N2O+. The molecule has 0 fully saturated rings. The molecule has 0 N–H and O–H groups in total.